The molecular weight excluding hydrogens is 242 g/mol. The normalized spacial score (nSPS) is 10.5. The first-order valence-corrected chi connectivity index (χ1v) is 5.54. The van der Waals surface area contributed by atoms with Crippen LogP contribution < -0.4 is 0 Å². The van der Waals surface area contributed by atoms with Gasteiger partial charge in [-0.15, -0.1) is 0 Å². The summed E-state index contributed by atoms with van der Waals surface area (Å²) < 4.78 is 0. The molecule has 0 bridgehead atoms. The minimum absolute atomic E-state index is 0.368. The zero-order chi connectivity index (χ0) is 13.8. The Morgan fingerprint density at radius 3 is 2.16 bits per heavy atom. The standard InChI is InChI=1S/C15H11NO3/c16-9-11-3-1-10(2-4-11)5-6-12-7-8-13(17)15(19)14(12)18/h1-8,17-19H. The van der Waals surface area contributed by atoms with E-state index in [1.807, 2.05) is 6.07 Å². The fourth-order valence-corrected chi connectivity index (χ4v) is 1.57. The molecule has 0 radical (unpaired) electrons. The van der Waals surface area contributed by atoms with Gasteiger partial charge in [0.2, 0.25) is 5.75 Å². The van der Waals surface area contributed by atoms with Gasteiger partial charge in [-0.25, -0.2) is 0 Å². The van der Waals surface area contributed by atoms with Crippen LogP contribution >= 0.6 is 0 Å². The lowest BCUT2D eigenvalue weighted by Gasteiger charge is -2.03. The van der Waals surface area contributed by atoms with E-state index in [1.54, 1.807) is 36.4 Å². The quantitative estimate of drug-likeness (QED) is 0.567. The number of hydrogen-bond donors (Lipinski definition) is 3. The fourth-order valence-electron chi connectivity index (χ4n) is 1.57. The third-order valence-electron chi connectivity index (χ3n) is 2.66. The molecule has 2 aromatic rings. The van der Waals surface area contributed by atoms with Gasteiger partial charge in [0.15, 0.2) is 11.5 Å². The van der Waals surface area contributed by atoms with Crippen LogP contribution in [0.5, 0.6) is 17.2 Å². The molecule has 2 rings (SSSR count). The van der Waals surface area contributed by atoms with E-state index in [1.165, 1.54) is 12.1 Å². The predicted octanol–water partition coefficient (Wildman–Crippen LogP) is 2.85. The fraction of sp³-hybridized carbons (Fsp3) is 0. The van der Waals surface area contributed by atoms with Gasteiger partial charge >= 0.3 is 0 Å². The molecule has 0 saturated carbocycles. The van der Waals surface area contributed by atoms with Crippen LogP contribution in [0.25, 0.3) is 12.2 Å². The summed E-state index contributed by atoms with van der Waals surface area (Å²) in [6, 6.07) is 11.7. The Hall–Kier alpha value is -2.93. The molecule has 0 aliphatic rings. The van der Waals surface area contributed by atoms with Crippen molar-refractivity contribution in [2.24, 2.45) is 0 Å². The third-order valence-corrected chi connectivity index (χ3v) is 2.66. The molecule has 19 heavy (non-hydrogen) atoms. The first kappa shape index (κ1) is 12.5. The minimum atomic E-state index is -0.540. The minimum Gasteiger partial charge on any atom is -0.504 e. The second kappa shape index (κ2) is 5.15. The highest BCUT2D eigenvalue weighted by Gasteiger charge is 2.08. The zero-order valence-electron chi connectivity index (χ0n) is 9.91. The maximum absolute atomic E-state index is 9.63. The first-order valence-electron chi connectivity index (χ1n) is 5.54. The van der Waals surface area contributed by atoms with E-state index in [4.69, 9.17) is 5.26 Å². The SMILES string of the molecule is N#Cc1ccc(C=Cc2ccc(O)c(O)c2O)cc1. The second-order valence-electron chi connectivity index (χ2n) is 3.94. The number of benzene rings is 2. The van der Waals surface area contributed by atoms with Crippen molar-refractivity contribution in [3.63, 3.8) is 0 Å². The molecule has 0 fully saturated rings. The van der Waals surface area contributed by atoms with Crippen molar-refractivity contribution in [3.8, 4) is 23.3 Å². The summed E-state index contributed by atoms with van der Waals surface area (Å²) >= 11 is 0. The molecule has 0 unspecified atom stereocenters. The summed E-state index contributed by atoms with van der Waals surface area (Å²) in [5.74, 6) is -1.28. The van der Waals surface area contributed by atoms with Crippen LogP contribution in [0.4, 0.5) is 0 Å². The van der Waals surface area contributed by atoms with Gasteiger partial charge in [0, 0.05) is 5.56 Å². The summed E-state index contributed by atoms with van der Waals surface area (Å²) in [6.07, 6.45) is 3.34. The van der Waals surface area contributed by atoms with Crippen molar-refractivity contribution in [1.82, 2.24) is 0 Å². The van der Waals surface area contributed by atoms with Crippen molar-refractivity contribution in [2.45, 2.75) is 0 Å². The maximum atomic E-state index is 9.63. The average Bonchev–Trinajstić information content (AvgIpc) is 2.45. The van der Waals surface area contributed by atoms with Crippen LogP contribution in [0.2, 0.25) is 0 Å². The van der Waals surface area contributed by atoms with Gasteiger partial charge in [0.05, 0.1) is 11.6 Å². The number of hydrogen-bond acceptors (Lipinski definition) is 4. The largest absolute Gasteiger partial charge is 0.504 e. The van der Waals surface area contributed by atoms with E-state index in [0.717, 1.165) is 5.56 Å². The van der Waals surface area contributed by atoms with Gasteiger partial charge in [-0.1, -0.05) is 24.3 Å². The van der Waals surface area contributed by atoms with Crippen molar-refractivity contribution in [1.29, 1.82) is 5.26 Å². The van der Waals surface area contributed by atoms with Gasteiger partial charge in [-0.05, 0) is 29.8 Å². The summed E-state index contributed by atoms with van der Waals surface area (Å²) in [5, 5.41) is 36.9. The highest BCUT2D eigenvalue weighted by molar-refractivity contribution is 5.75. The van der Waals surface area contributed by atoms with Crippen molar-refractivity contribution in [2.75, 3.05) is 0 Å². The molecule has 4 nitrogen and oxygen atoms in total. The highest BCUT2D eigenvalue weighted by Crippen LogP contribution is 2.37. The summed E-state index contributed by atoms with van der Waals surface area (Å²) in [7, 11) is 0. The molecule has 0 spiro atoms. The van der Waals surface area contributed by atoms with Gasteiger partial charge in [-0.2, -0.15) is 5.26 Å². The molecule has 2 aromatic carbocycles. The van der Waals surface area contributed by atoms with Crippen LogP contribution in [-0.2, 0) is 0 Å². The van der Waals surface area contributed by atoms with Crippen LogP contribution in [-0.4, -0.2) is 15.3 Å². The molecule has 4 heteroatoms. The van der Waals surface area contributed by atoms with Crippen LogP contribution in [0.3, 0.4) is 0 Å². The molecule has 0 saturated heterocycles. The van der Waals surface area contributed by atoms with E-state index in [0.29, 0.717) is 11.1 Å². The highest BCUT2D eigenvalue weighted by atomic mass is 16.3. The van der Waals surface area contributed by atoms with Crippen LogP contribution in [0.1, 0.15) is 16.7 Å². The van der Waals surface area contributed by atoms with Gasteiger partial charge in [0.1, 0.15) is 0 Å². The lowest BCUT2D eigenvalue weighted by Crippen LogP contribution is -1.78. The Bertz CT molecular complexity index is 667. The molecule has 0 amide bonds. The Morgan fingerprint density at radius 1 is 0.842 bits per heavy atom. The molecule has 0 heterocycles. The van der Waals surface area contributed by atoms with Crippen LogP contribution in [0.15, 0.2) is 36.4 Å². The molecule has 0 aliphatic heterocycles. The lowest BCUT2D eigenvalue weighted by atomic mass is 10.1. The maximum Gasteiger partial charge on any atom is 0.200 e. The molecule has 0 aliphatic carbocycles. The van der Waals surface area contributed by atoms with E-state index in [9.17, 15) is 15.3 Å². The van der Waals surface area contributed by atoms with Crippen LogP contribution in [0, 0.1) is 11.3 Å². The van der Waals surface area contributed by atoms with Crippen molar-refractivity contribution in [3.05, 3.63) is 53.1 Å². The molecule has 3 N–H and O–H groups in total. The Morgan fingerprint density at radius 2 is 1.53 bits per heavy atom. The smallest absolute Gasteiger partial charge is 0.200 e. The zero-order valence-corrected chi connectivity index (χ0v) is 9.91. The van der Waals surface area contributed by atoms with Gasteiger partial charge in [-0.3, -0.25) is 0 Å². The monoisotopic (exact) mass is 253 g/mol. The third kappa shape index (κ3) is 2.67. The van der Waals surface area contributed by atoms with Crippen molar-refractivity contribution >= 4 is 12.2 Å². The number of nitriles is 1. The molecular formula is C15H11NO3. The Labute approximate surface area is 110 Å². The molecule has 0 aromatic heterocycles. The lowest BCUT2D eigenvalue weighted by molar-refractivity contribution is 0.367. The number of phenolic OH excluding ortho intramolecular Hbond substituents is 3. The summed E-state index contributed by atoms with van der Waals surface area (Å²) in [6.45, 7) is 0. The number of nitrogens with zero attached hydrogens (tertiary/aromatic N) is 1. The van der Waals surface area contributed by atoms with Crippen molar-refractivity contribution < 1.29 is 15.3 Å². The summed E-state index contributed by atoms with van der Waals surface area (Å²) in [4.78, 5) is 0. The second-order valence-corrected chi connectivity index (χ2v) is 3.94. The molecule has 0 atom stereocenters. The predicted molar refractivity (Wildman–Crippen MR) is 71.5 cm³/mol. The van der Waals surface area contributed by atoms with E-state index < -0.39 is 5.75 Å². The van der Waals surface area contributed by atoms with E-state index in [2.05, 4.69) is 0 Å². The van der Waals surface area contributed by atoms with E-state index >= 15 is 0 Å². The Balaban J connectivity index is 2.28. The summed E-state index contributed by atoms with van der Waals surface area (Å²) in [5.41, 5.74) is 1.81. The van der Waals surface area contributed by atoms with E-state index in [-0.39, 0.29) is 11.5 Å². The average molecular weight is 253 g/mol. The van der Waals surface area contributed by atoms with Gasteiger partial charge in [0.25, 0.3) is 0 Å². The topological polar surface area (TPSA) is 84.5 Å². The van der Waals surface area contributed by atoms with Gasteiger partial charge < -0.3 is 15.3 Å². The first-order chi connectivity index (χ1) is 9.11. The number of phenols is 3. The Kier molecular flexibility index (Phi) is 3.39. The number of rotatable bonds is 2. The number of aromatic hydroxyl groups is 3. The molecule has 94 valence electrons.